The summed E-state index contributed by atoms with van der Waals surface area (Å²) in [6.45, 7) is 0. The first-order chi connectivity index (χ1) is 7.24. The third-order valence-corrected chi connectivity index (χ3v) is 2.68. The summed E-state index contributed by atoms with van der Waals surface area (Å²) in [7, 11) is 0. The Morgan fingerprint density at radius 3 is 2.80 bits per heavy atom. The van der Waals surface area contributed by atoms with E-state index in [1.165, 1.54) is 0 Å². The van der Waals surface area contributed by atoms with Crippen LogP contribution in [0.3, 0.4) is 0 Å². The molecular formula is C11H11NO3. The van der Waals surface area contributed by atoms with E-state index in [2.05, 4.69) is 5.16 Å². The van der Waals surface area contributed by atoms with Gasteiger partial charge in [0, 0.05) is 5.56 Å². The monoisotopic (exact) mass is 205 g/mol. The van der Waals surface area contributed by atoms with Gasteiger partial charge >= 0.3 is 5.97 Å². The summed E-state index contributed by atoms with van der Waals surface area (Å²) in [4.78, 5) is 11.0. The molecule has 1 aliphatic rings. The lowest BCUT2D eigenvalue weighted by Crippen LogP contribution is -2.16. The van der Waals surface area contributed by atoms with Gasteiger partial charge in [-0.1, -0.05) is 17.3 Å². The Bertz CT molecular complexity index is 437. The SMILES string of the molecule is O=C(O)c1cccc2c1CCCC2=NO. The number of carboxylic acids is 1. The third-order valence-electron chi connectivity index (χ3n) is 2.68. The molecule has 15 heavy (non-hydrogen) atoms. The van der Waals surface area contributed by atoms with E-state index in [1.807, 2.05) is 0 Å². The Morgan fingerprint density at radius 2 is 2.13 bits per heavy atom. The normalized spacial score (nSPS) is 17.5. The lowest BCUT2D eigenvalue weighted by Gasteiger charge is -2.18. The topological polar surface area (TPSA) is 69.9 Å². The standard InChI is InChI=1S/C11H11NO3/c13-11(14)9-5-1-4-8-7(9)3-2-6-10(8)12-15/h1,4-5,15H,2-3,6H2,(H,13,14). The van der Waals surface area contributed by atoms with Crippen molar-refractivity contribution in [2.24, 2.45) is 5.16 Å². The van der Waals surface area contributed by atoms with Crippen LogP contribution in [-0.2, 0) is 6.42 Å². The zero-order chi connectivity index (χ0) is 10.8. The fourth-order valence-electron chi connectivity index (χ4n) is 2.00. The van der Waals surface area contributed by atoms with Crippen LogP contribution in [-0.4, -0.2) is 22.0 Å². The Kier molecular flexibility index (Phi) is 2.41. The largest absolute Gasteiger partial charge is 0.478 e. The number of aromatic carboxylic acids is 1. The van der Waals surface area contributed by atoms with Gasteiger partial charge in [-0.25, -0.2) is 4.79 Å². The molecule has 0 heterocycles. The van der Waals surface area contributed by atoms with Gasteiger partial charge in [-0.15, -0.1) is 0 Å². The van der Waals surface area contributed by atoms with E-state index in [9.17, 15) is 4.79 Å². The Morgan fingerprint density at radius 1 is 1.33 bits per heavy atom. The highest BCUT2D eigenvalue weighted by atomic mass is 16.4. The summed E-state index contributed by atoms with van der Waals surface area (Å²) >= 11 is 0. The second kappa shape index (κ2) is 3.73. The molecule has 0 aliphatic heterocycles. The number of nitrogens with zero attached hydrogens (tertiary/aromatic N) is 1. The van der Waals surface area contributed by atoms with E-state index in [0.29, 0.717) is 17.7 Å². The number of fused-ring (bicyclic) bond motifs is 1. The maximum Gasteiger partial charge on any atom is 0.335 e. The van der Waals surface area contributed by atoms with Crippen LogP contribution in [0.4, 0.5) is 0 Å². The van der Waals surface area contributed by atoms with Crippen molar-refractivity contribution in [3.63, 3.8) is 0 Å². The molecule has 78 valence electrons. The summed E-state index contributed by atoms with van der Waals surface area (Å²) in [5.41, 5.74) is 2.44. The van der Waals surface area contributed by atoms with E-state index in [0.717, 1.165) is 24.0 Å². The first-order valence-electron chi connectivity index (χ1n) is 4.80. The third kappa shape index (κ3) is 1.58. The molecule has 0 aromatic heterocycles. The summed E-state index contributed by atoms with van der Waals surface area (Å²) in [5, 5.41) is 21.0. The highest BCUT2D eigenvalue weighted by Gasteiger charge is 2.21. The summed E-state index contributed by atoms with van der Waals surface area (Å²) in [5.74, 6) is -0.925. The molecular weight excluding hydrogens is 194 g/mol. The summed E-state index contributed by atoms with van der Waals surface area (Å²) in [6, 6.07) is 5.07. The molecule has 0 amide bonds. The van der Waals surface area contributed by atoms with Crippen molar-refractivity contribution in [1.82, 2.24) is 0 Å². The molecule has 0 saturated heterocycles. The molecule has 2 rings (SSSR count). The van der Waals surface area contributed by atoms with Gasteiger partial charge in [-0.05, 0) is 30.9 Å². The Hall–Kier alpha value is -1.84. The first-order valence-corrected chi connectivity index (χ1v) is 4.80. The fraction of sp³-hybridized carbons (Fsp3) is 0.273. The van der Waals surface area contributed by atoms with Crippen molar-refractivity contribution in [3.8, 4) is 0 Å². The number of hydrogen-bond acceptors (Lipinski definition) is 3. The lowest BCUT2D eigenvalue weighted by atomic mass is 9.87. The van der Waals surface area contributed by atoms with Crippen LogP contribution in [0.5, 0.6) is 0 Å². The molecule has 1 aromatic rings. The molecule has 0 saturated carbocycles. The molecule has 0 spiro atoms. The molecule has 0 fully saturated rings. The van der Waals surface area contributed by atoms with Crippen LogP contribution in [0.1, 0.15) is 34.3 Å². The zero-order valence-electron chi connectivity index (χ0n) is 8.10. The molecule has 2 N–H and O–H groups in total. The number of rotatable bonds is 1. The average Bonchev–Trinajstić information content (AvgIpc) is 2.27. The smallest absolute Gasteiger partial charge is 0.335 e. The van der Waals surface area contributed by atoms with Crippen molar-refractivity contribution in [3.05, 3.63) is 34.9 Å². The second-order valence-corrected chi connectivity index (χ2v) is 3.54. The number of carboxylic acid groups (broad SMARTS) is 1. The van der Waals surface area contributed by atoms with Gasteiger partial charge in [0.15, 0.2) is 0 Å². The minimum atomic E-state index is -0.925. The van der Waals surface area contributed by atoms with Crippen LogP contribution < -0.4 is 0 Å². The average molecular weight is 205 g/mol. The van der Waals surface area contributed by atoms with Crippen LogP contribution in [0.15, 0.2) is 23.4 Å². The molecule has 4 nitrogen and oxygen atoms in total. The van der Waals surface area contributed by atoms with E-state index in [4.69, 9.17) is 10.3 Å². The zero-order valence-corrected chi connectivity index (χ0v) is 8.10. The van der Waals surface area contributed by atoms with E-state index < -0.39 is 5.97 Å². The van der Waals surface area contributed by atoms with Gasteiger partial charge in [-0.3, -0.25) is 0 Å². The minimum absolute atomic E-state index is 0.313. The maximum absolute atomic E-state index is 11.0. The molecule has 0 unspecified atom stereocenters. The van der Waals surface area contributed by atoms with Gasteiger partial charge < -0.3 is 10.3 Å². The van der Waals surface area contributed by atoms with E-state index in [-0.39, 0.29) is 0 Å². The van der Waals surface area contributed by atoms with Crippen molar-refractivity contribution in [2.75, 3.05) is 0 Å². The minimum Gasteiger partial charge on any atom is -0.478 e. The second-order valence-electron chi connectivity index (χ2n) is 3.54. The number of oxime groups is 1. The number of hydrogen-bond donors (Lipinski definition) is 2. The van der Waals surface area contributed by atoms with E-state index >= 15 is 0 Å². The van der Waals surface area contributed by atoms with Gasteiger partial charge in [-0.2, -0.15) is 0 Å². The van der Waals surface area contributed by atoms with Crippen LogP contribution >= 0.6 is 0 Å². The van der Waals surface area contributed by atoms with E-state index in [1.54, 1.807) is 18.2 Å². The number of carbonyl (C=O) groups is 1. The molecule has 1 aliphatic carbocycles. The molecule has 0 bridgehead atoms. The Labute approximate surface area is 86.8 Å². The van der Waals surface area contributed by atoms with Crippen molar-refractivity contribution in [1.29, 1.82) is 0 Å². The van der Waals surface area contributed by atoms with Crippen molar-refractivity contribution >= 4 is 11.7 Å². The highest BCUT2D eigenvalue weighted by Crippen LogP contribution is 2.24. The van der Waals surface area contributed by atoms with Crippen LogP contribution in [0.25, 0.3) is 0 Å². The molecule has 4 heteroatoms. The predicted octanol–water partition coefficient (Wildman–Crippen LogP) is 1.90. The fourth-order valence-corrected chi connectivity index (χ4v) is 2.00. The molecule has 0 radical (unpaired) electrons. The summed E-state index contributed by atoms with van der Waals surface area (Å²) < 4.78 is 0. The lowest BCUT2D eigenvalue weighted by molar-refractivity contribution is 0.0695. The van der Waals surface area contributed by atoms with Gasteiger partial charge in [0.2, 0.25) is 0 Å². The summed E-state index contributed by atoms with van der Waals surface area (Å²) in [6.07, 6.45) is 2.26. The maximum atomic E-state index is 11.0. The highest BCUT2D eigenvalue weighted by molar-refractivity contribution is 6.05. The van der Waals surface area contributed by atoms with Crippen LogP contribution in [0.2, 0.25) is 0 Å². The van der Waals surface area contributed by atoms with Gasteiger partial charge in [0.25, 0.3) is 0 Å². The van der Waals surface area contributed by atoms with Crippen molar-refractivity contribution in [2.45, 2.75) is 19.3 Å². The van der Waals surface area contributed by atoms with Gasteiger partial charge in [0.1, 0.15) is 0 Å². The quantitative estimate of drug-likeness (QED) is 0.543. The molecule has 1 aromatic carbocycles. The number of benzene rings is 1. The Balaban J connectivity index is 2.61. The van der Waals surface area contributed by atoms with Crippen LogP contribution in [0, 0.1) is 0 Å². The molecule has 0 atom stereocenters. The first kappa shape index (κ1) is 9.71. The predicted molar refractivity (Wildman–Crippen MR) is 54.7 cm³/mol. The van der Waals surface area contributed by atoms with Crippen molar-refractivity contribution < 1.29 is 15.1 Å². The van der Waals surface area contributed by atoms with Gasteiger partial charge in [0.05, 0.1) is 11.3 Å².